The highest BCUT2D eigenvalue weighted by molar-refractivity contribution is 8.13. The van der Waals surface area contributed by atoms with E-state index in [2.05, 4.69) is 20.8 Å². The molecule has 1 aliphatic carbocycles. The second-order valence-corrected chi connectivity index (χ2v) is 13.9. The van der Waals surface area contributed by atoms with Gasteiger partial charge in [-0.05, 0) is 85.7 Å². The van der Waals surface area contributed by atoms with Crippen molar-refractivity contribution in [3.63, 3.8) is 0 Å². The quantitative estimate of drug-likeness (QED) is 0.349. The van der Waals surface area contributed by atoms with E-state index in [1.54, 1.807) is 0 Å². The first-order valence-corrected chi connectivity index (χ1v) is 14.6. The third kappa shape index (κ3) is 4.61. The minimum atomic E-state index is -2.94. The van der Waals surface area contributed by atoms with Gasteiger partial charge in [0.2, 0.25) is 5.90 Å². The number of rotatable bonds is 4. The maximum Gasteiger partial charge on any atom is 0.276 e. The van der Waals surface area contributed by atoms with Crippen LogP contribution in [0.25, 0.3) is 5.69 Å². The van der Waals surface area contributed by atoms with Crippen LogP contribution in [-0.2, 0) is 20.9 Å². The second-order valence-electron chi connectivity index (χ2n) is 10.2. The van der Waals surface area contributed by atoms with E-state index in [0.717, 1.165) is 35.1 Å². The lowest BCUT2D eigenvalue weighted by Gasteiger charge is -2.41. The molecule has 0 bridgehead atoms. The molecule has 8 heteroatoms. The van der Waals surface area contributed by atoms with Gasteiger partial charge in [0.15, 0.2) is 5.82 Å². The van der Waals surface area contributed by atoms with E-state index in [1.807, 2.05) is 66.2 Å². The van der Waals surface area contributed by atoms with Crippen LogP contribution in [0.3, 0.4) is 0 Å². The van der Waals surface area contributed by atoms with Crippen molar-refractivity contribution in [3.8, 4) is 5.69 Å². The van der Waals surface area contributed by atoms with Crippen molar-refractivity contribution in [3.05, 3.63) is 70.9 Å². The van der Waals surface area contributed by atoms with Gasteiger partial charge in [-0.15, -0.1) is 0 Å². The molecule has 2 aliphatic rings. The van der Waals surface area contributed by atoms with Crippen molar-refractivity contribution in [2.24, 2.45) is 16.3 Å². The van der Waals surface area contributed by atoms with Gasteiger partial charge in [-0.1, -0.05) is 50.6 Å². The molecular formula is C26H29ClN3O2PS. The summed E-state index contributed by atoms with van der Waals surface area (Å²) < 4.78 is 15.2. The Hall–Kier alpha value is -1.98. The summed E-state index contributed by atoms with van der Waals surface area (Å²) in [6.45, 7) is 5.92. The Bertz CT molecular complexity index is 1290. The lowest BCUT2D eigenvalue weighted by molar-refractivity contribution is 0.0589. The second kappa shape index (κ2) is 8.91. The topological polar surface area (TPSA) is 48.6 Å². The summed E-state index contributed by atoms with van der Waals surface area (Å²) in [5, 5.41) is 6.28. The summed E-state index contributed by atoms with van der Waals surface area (Å²) in [5.74, 6) is 1.70. The molecule has 2 heterocycles. The first kappa shape index (κ1) is 23.7. The molecule has 0 amide bonds. The number of hydrogen-bond donors (Lipinski definition) is 0. The van der Waals surface area contributed by atoms with Crippen LogP contribution in [0.15, 0.2) is 59.6 Å². The van der Waals surface area contributed by atoms with Gasteiger partial charge in [0.05, 0.1) is 17.5 Å². The average molecular weight is 514 g/mol. The van der Waals surface area contributed by atoms with Gasteiger partial charge in [0.1, 0.15) is 5.30 Å². The van der Waals surface area contributed by atoms with Crippen LogP contribution in [0.4, 0.5) is 5.82 Å². The van der Waals surface area contributed by atoms with Gasteiger partial charge in [0, 0.05) is 10.6 Å². The van der Waals surface area contributed by atoms with Crippen LogP contribution < -0.4 is 5.30 Å². The molecule has 5 nitrogen and oxygen atoms in total. The maximum absolute atomic E-state index is 6.80. The molecule has 178 valence electrons. The van der Waals surface area contributed by atoms with Crippen molar-refractivity contribution in [2.75, 3.05) is 0 Å². The fourth-order valence-electron chi connectivity index (χ4n) is 5.27. The molecule has 5 rings (SSSR count). The van der Waals surface area contributed by atoms with Gasteiger partial charge < -0.3 is 9.05 Å². The number of para-hydroxylation sites is 1. The predicted molar refractivity (Wildman–Crippen MR) is 143 cm³/mol. The summed E-state index contributed by atoms with van der Waals surface area (Å²) in [7, 11) is 0. The molecule has 34 heavy (non-hydrogen) atoms. The van der Waals surface area contributed by atoms with Crippen molar-refractivity contribution in [1.82, 2.24) is 9.78 Å². The molecule has 0 spiro atoms. The summed E-state index contributed by atoms with van der Waals surface area (Å²) in [4.78, 5) is 4.91. The minimum Gasteiger partial charge on any atom is -0.421 e. The summed E-state index contributed by atoms with van der Waals surface area (Å²) >= 11 is 12.4. The standard InChI is InChI=1S/C26H29ClN3O2PS/c1-17-14-22(16-26(3,4)15-17)31-33(34)23-18(2)29-30(21-8-6-5-7-9-21)24(23)28-25(32-33)19-10-12-20(27)13-11-19/h5-13,17,22H,14-16H2,1-4H3. The van der Waals surface area contributed by atoms with E-state index in [9.17, 15) is 0 Å². The van der Waals surface area contributed by atoms with Crippen LogP contribution >= 0.6 is 18.1 Å². The molecular weight excluding hydrogens is 485 g/mol. The smallest absolute Gasteiger partial charge is 0.276 e. The van der Waals surface area contributed by atoms with Crippen LogP contribution in [-0.4, -0.2) is 21.8 Å². The molecule has 1 aromatic heterocycles. The summed E-state index contributed by atoms with van der Waals surface area (Å²) in [6, 6.07) is 17.4. The molecule has 0 radical (unpaired) electrons. The Labute approximate surface area is 211 Å². The molecule has 1 saturated carbocycles. The van der Waals surface area contributed by atoms with Crippen LogP contribution in [0.5, 0.6) is 0 Å². The van der Waals surface area contributed by atoms with Gasteiger partial charge in [-0.2, -0.15) is 10.1 Å². The maximum atomic E-state index is 6.80. The van der Waals surface area contributed by atoms with E-state index < -0.39 is 6.49 Å². The molecule has 3 atom stereocenters. The van der Waals surface area contributed by atoms with Gasteiger partial charge in [-0.25, -0.2) is 4.68 Å². The Morgan fingerprint density at radius 1 is 1.12 bits per heavy atom. The summed E-state index contributed by atoms with van der Waals surface area (Å²) in [6.07, 6.45) is 3.14. The van der Waals surface area contributed by atoms with E-state index >= 15 is 0 Å². The predicted octanol–water partition coefficient (Wildman–Crippen LogP) is 7.11. The Morgan fingerprint density at radius 2 is 1.82 bits per heavy atom. The largest absolute Gasteiger partial charge is 0.421 e. The Balaban J connectivity index is 1.63. The van der Waals surface area contributed by atoms with Crippen molar-refractivity contribution >= 4 is 46.9 Å². The SMILES string of the molecule is Cc1nn(-c2ccccc2)c2c1P(=S)(OC1CC(C)CC(C)(C)C1)OC(c1ccc(Cl)cc1)=N2. The third-order valence-electron chi connectivity index (χ3n) is 6.42. The van der Waals surface area contributed by atoms with Crippen LogP contribution in [0.2, 0.25) is 5.02 Å². The molecule has 0 N–H and O–H groups in total. The number of nitrogens with zero attached hydrogens (tertiary/aromatic N) is 3. The minimum absolute atomic E-state index is 0.0291. The fourth-order valence-corrected chi connectivity index (χ4v) is 8.61. The van der Waals surface area contributed by atoms with Gasteiger partial charge in [-0.3, -0.25) is 0 Å². The fraction of sp³-hybridized carbons (Fsp3) is 0.385. The zero-order valence-electron chi connectivity index (χ0n) is 19.9. The van der Waals surface area contributed by atoms with E-state index in [1.165, 1.54) is 6.42 Å². The van der Waals surface area contributed by atoms with Gasteiger partial charge >= 0.3 is 0 Å². The van der Waals surface area contributed by atoms with E-state index in [4.69, 9.17) is 42.5 Å². The van der Waals surface area contributed by atoms with Crippen molar-refractivity contribution in [1.29, 1.82) is 0 Å². The molecule has 3 unspecified atom stereocenters. The van der Waals surface area contributed by atoms with Crippen LogP contribution in [0, 0.1) is 18.3 Å². The molecule has 1 aliphatic heterocycles. The number of hydrogen-bond acceptors (Lipinski definition) is 5. The number of aromatic nitrogens is 2. The normalized spacial score (nSPS) is 25.9. The Kier molecular flexibility index (Phi) is 6.22. The third-order valence-corrected chi connectivity index (χ3v) is 9.76. The van der Waals surface area contributed by atoms with Crippen molar-refractivity contribution in [2.45, 2.75) is 53.1 Å². The first-order valence-electron chi connectivity index (χ1n) is 11.6. The van der Waals surface area contributed by atoms with Crippen molar-refractivity contribution < 1.29 is 9.05 Å². The number of fused-ring (bicyclic) bond motifs is 1. The molecule has 3 aromatic rings. The number of aliphatic imine (C=N–C) groups is 1. The molecule has 0 saturated heterocycles. The number of halogens is 1. The Morgan fingerprint density at radius 3 is 2.50 bits per heavy atom. The highest BCUT2D eigenvalue weighted by Crippen LogP contribution is 2.57. The van der Waals surface area contributed by atoms with E-state index in [-0.39, 0.29) is 11.5 Å². The lowest BCUT2D eigenvalue weighted by atomic mass is 9.72. The van der Waals surface area contributed by atoms with E-state index in [0.29, 0.717) is 22.7 Å². The zero-order chi connectivity index (χ0) is 24.1. The monoisotopic (exact) mass is 513 g/mol. The molecule has 2 aromatic carbocycles. The first-order chi connectivity index (χ1) is 16.1. The number of aryl methyl sites for hydroxylation is 1. The van der Waals surface area contributed by atoms with Crippen LogP contribution in [0.1, 0.15) is 51.3 Å². The zero-order valence-corrected chi connectivity index (χ0v) is 22.3. The highest BCUT2D eigenvalue weighted by Gasteiger charge is 2.42. The molecule has 1 fully saturated rings. The lowest BCUT2D eigenvalue weighted by Crippen LogP contribution is -2.34. The summed E-state index contributed by atoms with van der Waals surface area (Å²) in [5.41, 5.74) is 2.72. The highest BCUT2D eigenvalue weighted by atomic mass is 35.5. The number of benzene rings is 2. The average Bonchev–Trinajstić information content (AvgIpc) is 3.10. The van der Waals surface area contributed by atoms with Gasteiger partial charge in [0.25, 0.3) is 6.49 Å².